The van der Waals surface area contributed by atoms with Crippen molar-refractivity contribution in [1.29, 1.82) is 0 Å². The van der Waals surface area contributed by atoms with Crippen molar-refractivity contribution in [3.63, 3.8) is 0 Å². The molecule has 2 rings (SSSR count). The van der Waals surface area contributed by atoms with Gasteiger partial charge in [-0.05, 0) is 35.0 Å². The third-order valence-corrected chi connectivity index (χ3v) is 3.82. The molecular formula is C11H10BrClN4O. The zero-order valence-electron chi connectivity index (χ0n) is 9.47. The van der Waals surface area contributed by atoms with Gasteiger partial charge < -0.3 is 5.32 Å². The third kappa shape index (κ3) is 2.70. The Balaban J connectivity index is 2.14. The Kier molecular flexibility index (Phi) is 3.98. The lowest BCUT2D eigenvalue weighted by Crippen LogP contribution is -2.24. The van der Waals surface area contributed by atoms with Crippen LogP contribution in [0, 0.1) is 0 Å². The van der Waals surface area contributed by atoms with E-state index in [1.807, 2.05) is 0 Å². The number of rotatable bonds is 3. The molecule has 1 aromatic carbocycles. The van der Waals surface area contributed by atoms with E-state index in [4.69, 9.17) is 11.6 Å². The number of nitrogens with one attached hydrogen (secondary N) is 1. The molecule has 1 unspecified atom stereocenters. The standard InChI is InChI=1S/C11H10BrClN4O/c1-7(17-6-14-5-15-17)11(18)16-9-4-2-3-8(13)10(9)12/h2-7H,1H3,(H,16,18). The summed E-state index contributed by atoms with van der Waals surface area (Å²) >= 11 is 9.28. The fraction of sp³-hybridized carbons (Fsp3) is 0.182. The van der Waals surface area contributed by atoms with Gasteiger partial charge in [-0.25, -0.2) is 9.67 Å². The minimum atomic E-state index is -0.446. The summed E-state index contributed by atoms with van der Waals surface area (Å²) in [6, 6.07) is 4.82. The molecule has 0 radical (unpaired) electrons. The summed E-state index contributed by atoms with van der Waals surface area (Å²) in [5.74, 6) is -0.191. The van der Waals surface area contributed by atoms with Gasteiger partial charge >= 0.3 is 0 Å². The third-order valence-electron chi connectivity index (χ3n) is 2.42. The molecule has 0 aliphatic heterocycles. The molecule has 0 spiro atoms. The quantitative estimate of drug-likeness (QED) is 0.942. The molecule has 1 atom stereocenters. The van der Waals surface area contributed by atoms with E-state index in [-0.39, 0.29) is 5.91 Å². The summed E-state index contributed by atoms with van der Waals surface area (Å²) in [6.07, 6.45) is 2.89. The zero-order valence-corrected chi connectivity index (χ0v) is 11.8. The molecule has 1 N–H and O–H groups in total. The molecule has 2 aromatic rings. The molecule has 0 saturated heterocycles. The predicted octanol–water partition coefficient (Wildman–Crippen LogP) is 2.89. The van der Waals surface area contributed by atoms with Crippen LogP contribution >= 0.6 is 27.5 Å². The lowest BCUT2D eigenvalue weighted by Gasteiger charge is -2.13. The molecule has 18 heavy (non-hydrogen) atoms. The molecule has 1 aromatic heterocycles. The van der Waals surface area contributed by atoms with Crippen LogP contribution in [0.5, 0.6) is 0 Å². The summed E-state index contributed by atoms with van der Waals surface area (Å²) in [5.41, 5.74) is 0.625. The van der Waals surface area contributed by atoms with E-state index in [2.05, 4.69) is 31.3 Å². The average molecular weight is 330 g/mol. The highest BCUT2D eigenvalue weighted by Crippen LogP contribution is 2.30. The van der Waals surface area contributed by atoms with Gasteiger partial charge in [-0.2, -0.15) is 5.10 Å². The van der Waals surface area contributed by atoms with Crippen molar-refractivity contribution in [1.82, 2.24) is 14.8 Å². The number of carbonyl (C=O) groups excluding carboxylic acids is 1. The lowest BCUT2D eigenvalue weighted by molar-refractivity contribution is -0.119. The number of hydrogen-bond acceptors (Lipinski definition) is 3. The van der Waals surface area contributed by atoms with Gasteiger partial charge in [-0.1, -0.05) is 17.7 Å². The van der Waals surface area contributed by atoms with E-state index in [9.17, 15) is 4.79 Å². The maximum absolute atomic E-state index is 12.0. The first-order chi connectivity index (χ1) is 8.59. The van der Waals surface area contributed by atoms with Crippen molar-refractivity contribution in [2.45, 2.75) is 13.0 Å². The van der Waals surface area contributed by atoms with Crippen molar-refractivity contribution in [3.05, 3.63) is 40.3 Å². The van der Waals surface area contributed by atoms with Crippen molar-refractivity contribution < 1.29 is 4.79 Å². The average Bonchev–Trinajstić information content (AvgIpc) is 2.87. The Bertz CT molecular complexity index is 558. The summed E-state index contributed by atoms with van der Waals surface area (Å²) < 4.78 is 2.14. The maximum atomic E-state index is 12.0. The summed E-state index contributed by atoms with van der Waals surface area (Å²) in [6.45, 7) is 1.74. The Morgan fingerprint density at radius 3 is 3.00 bits per heavy atom. The SMILES string of the molecule is CC(C(=O)Nc1cccc(Cl)c1Br)n1cncn1. The van der Waals surface area contributed by atoms with Gasteiger partial charge in [0, 0.05) is 0 Å². The molecule has 5 nitrogen and oxygen atoms in total. The molecule has 1 amide bonds. The van der Waals surface area contributed by atoms with Crippen LogP contribution in [0.2, 0.25) is 5.02 Å². The minimum Gasteiger partial charge on any atom is -0.323 e. The number of carbonyl (C=O) groups is 1. The van der Waals surface area contributed by atoms with Crippen LogP contribution in [-0.2, 0) is 4.79 Å². The van der Waals surface area contributed by atoms with Crippen molar-refractivity contribution in [3.8, 4) is 0 Å². The molecule has 1 heterocycles. The number of hydrogen-bond donors (Lipinski definition) is 1. The largest absolute Gasteiger partial charge is 0.323 e. The highest BCUT2D eigenvalue weighted by Gasteiger charge is 2.16. The highest BCUT2D eigenvalue weighted by atomic mass is 79.9. The zero-order chi connectivity index (χ0) is 13.1. The van der Waals surface area contributed by atoms with Crippen LogP contribution in [0.1, 0.15) is 13.0 Å². The van der Waals surface area contributed by atoms with Gasteiger partial charge in [0.2, 0.25) is 5.91 Å². The molecule has 0 aliphatic rings. The van der Waals surface area contributed by atoms with Gasteiger partial charge in [0.1, 0.15) is 18.7 Å². The first-order valence-electron chi connectivity index (χ1n) is 5.18. The van der Waals surface area contributed by atoms with Gasteiger partial charge in [0.05, 0.1) is 15.2 Å². The fourth-order valence-electron chi connectivity index (χ4n) is 1.38. The predicted molar refractivity (Wildman–Crippen MR) is 72.5 cm³/mol. The number of benzene rings is 1. The van der Waals surface area contributed by atoms with Gasteiger partial charge in [-0.15, -0.1) is 0 Å². The number of halogens is 2. The summed E-state index contributed by atoms with van der Waals surface area (Å²) in [5, 5.41) is 7.25. The van der Waals surface area contributed by atoms with Crippen LogP contribution in [0.3, 0.4) is 0 Å². The molecule has 7 heteroatoms. The summed E-state index contributed by atoms with van der Waals surface area (Å²) in [4.78, 5) is 15.8. The number of amides is 1. The van der Waals surface area contributed by atoms with Crippen LogP contribution in [0.15, 0.2) is 35.3 Å². The maximum Gasteiger partial charge on any atom is 0.249 e. The van der Waals surface area contributed by atoms with E-state index in [1.165, 1.54) is 17.3 Å². The second kappa shape index (κ2) is 5.49. The molecule has 94 valence electrons. The van der Waals surface area contributed by atoms with Crippen LogP contribution in [0.4, 0.5) is 5.69 Å². The number of nitrogens with zero attached hydrogens (tertiary/aromatic N) is 3. The smallest absolute Gasteiger partial charge is 0.249 e. The highest BCUT2D eigenvalue weighted by molar-refractivity contribution is 9.10. The lowest BCUT2D eigenvalue weighted by atomic mass is 10.2. The molecule has 0 bridgehead atoms. The van der Waals surface area contributed by atoms with Crippen LogP contribution in [-0.4, -0.2) is 20.7 Å². The molecule has 0 fully saturated rings. The monoisotopic (exact) mass is 328 g/mol. The Hall–Kier alpha value is -1.40. The van der Waals surface area contributed by atoms with E-state index in [0.717, 1.165) is 0 Å². The van der Waals surface area contributed by atoms with Crippen molar-refractivity contribution in [2.75, 3.05) is 5.32 Å². The van der Waals surface area contributed by atoms with Crippen molar-refractivity contribution in [2.24, 2.45) is 0 Å². The Morgan fingerprint density at radius 2 is 2.33 bits per heavy atom. The molecular weight excluding hydrogens is 320 g/mol. The van der Waals surface area contributed by atoms with E-state index in [0.29, 0.717) is 15.2 Å². The number of aromatic nitrogens is 3. The van der Waals surface area contributed by atoms with Gasteiger partial charge in [-0.3, -0.25) is 4.79 Å². The second-order valence-corrected chi connectivity index (χ2v) is 4.84. The molecule has 0 saturated carbocycles. The Labute approximate surface area is 117 Å². The van der Waals surface area contributed by atoms with Gasteiger partial charge in [0.15, 0.2) is 0 Å². The second-order valence-electron chi connectivity index (χ2n) is 3.64. The minimum absolute atomic E-state index is 0.191. The first kappa shape index (κ1) is 13.0. The van der Waals surface area contributed by atoms with Crippen LogP contribution in [0.25, 0.3) is 0 Å². The van der Waals surface area contributed by atoms with E-state index >= 15 is 0 Å². The summed E-state index contributed by atoms with van der Waals surface area (Å²) in [7, 11) is 0. The van der Waals surface area contributed by atoms with E-state index < -0.39 is 6.04 Å². The van der Waals surface area contributed by atoms with E-state index in [1.54, 1.807) is 25.1 Å². The van der Waals surface area contributed by atoms with Gasteiger partial charge in [0.25, 0.3) is 0 Å². The normalized spacial score (nSPS) is 12.2. The first-order valence-corrected chi connectivity index (χ1v) is 6.35. The topological polar surface area (TPSA) is 59.8 Å². The van der Waals surface area contributed by atoms with Crippen molar-refractivity contribution >= 4 is 39.1 Å². The molecule has 0 aliphatic carbocycles. The fourth-order valence-corrected chi connectivity index (χ4v) is 1.91. The van der Waals surface area contributed by atoms with Crippen LogP contribution < -0.4 is 5.32 Å². The Morgan fingerprint density at radius 1 is 1.56 bits per heavy atom. The number of anilines is 1.